The molecule has 4 N–H and O–H groups in total. The highest BCUT2D eigenvalue weighted by Gasteiger charge is 2.43. The van der Waals surface area contributed by atoms with Crippen molar-refractivity contribution >= 4 is 0 Å². The number of aliphatic hydroxyl groups is 4. The van der Waals surface area contributed by atoms with Crippen LogP contribution in [-0.2, 0) is 23.7 Å². The second kappa shape index (κ2) is 12.5. The van der Waals surface area contributed by atoms with Gasteiger partial charge < -0.3 is 44.1 Å². The van der Waals surface area contributed by atoms with Gasteiger partial charge in [0, 0.05) is 0 Å². The van der Waals surface area contributed by atoms with Crippen LogP contribution in [0, 0.1) is 12.3 Å². The molecule has 0 bridgehead atoms. The van der Waals surface area contributed by atoms with E-state index in [1.165, 1.54) is 0 Å². The van der Waals surface area contributed by atoms with Gasteiger partial charge in [-0.05, 0) is 0 Å². The van der Waals surface area contributed by atoms with Crippen LogP contribution in [0.2, 0.25) is 0 Å². The zero-order valence-electron chi connectivity index (χ0n) is 13.5. The Kier molecular flexibility index (Phi) is 11.1. The average molecular weight is 350 g/mol. The van der Waals surface area contributed by atoms with E-state index in [4.69, 9.17) is 35.2 Å². The molecule has 1 heterocycles. The molecule has 1 rings (SSSR count). The Bertz CT molecular complexity index is 357. The summed E-state index contributed by atoms with van der Waals surface area (Å²) in [5.41, 5.74) is 0. The van der Waals surface area contributed by atoms with E-state index < -0.39 is 37.3 Å². The molecule has 0 aliphatic carbocycles. The third kappa shape index (κ3) is 7.40. The first kappa shape index (κ1) is 21.2. The summed E-state index contributed by atoms with van der Waals surface area (Å²) in [5.74, 6) is 2.35. The molecule has 9 heteroatoms. The Hall–Kier alpha value is -0.800. The summed E-state index contributed by atoms with van der Waals surface area (Å²) in [6.45, 7) is 1.68. The largest absolute Gasteiger partial charge is 0.394 e. The normalized spacial score (nSPS) is 30.2. The molecule has 24 heavy (non-hydrogen) atoms. The first-order chi connectivity index (χ1) is 11.6. The third-order valence-electron chi connectivity index (χ3n) is 3.29. The van der Waals surface area contributed by atoms with Crippen molar-refractivity contribution in [1.82, 2.24) is 0 Å². The van der Waals surface area contributed by atoms with Gasteiger partial charge in [0.25, 0.3) is 0 Å². The maximum absolute atomic E-state index is 9.76. The Morgan fingerprint density at radius 3 is 2.00 bits per heavy atom. The summed E-state index contributed by atoms with van der Waals surface area (Å²) in [4.78, 5) is 0. The van der Waals surface area contributed by atoms with E-state index in [0.29, 0.717) is 26.4 Å². The molecule has 1 fully saturated rings. The molecule has 0 spiro atoms. The van der Waals surface area contributed by atoms with Crippen molar-refractivity contribution in [2.45, 2.75) is 30.7 Å². The van der Waals surface area contributed by atoms with Crippen LogP contribution in [0.1, 0.15) is 0 Å². The van der Waals surface area contributed by atoms with Crippen LogP contribution in [0.5, 0.6) is 0 Å². The van der Waals surface area contributed by atoms with Crippen LogP contribution in [0.25, 0.3) is 0 Å². The first-order valence-corrected chi connectivity index (χ1v) is 7.70. The minimum Gasteiger partial charge on any atom is -0.394 e. The molecule has 0 saturated carbocycles. The smallest absolute Gasteiger partial charge is 0.186 e. The minimum absolute atomic E-state index is 0.105. The molecule has 0 unspecified atom stereocenters. The highest BCUT2D eigenvalue weighted by Crippen LogP contribution is 2.21. The van der Waals surface area contributed by atoms with Gasteiger partial charge >= 0.3 is 0 Å². The molecule has 0 aromatic rings. The van der Waals surface area contributed by atoms with Gasteiger partial charge in [0.1, 0.15) is 31.0 Å². The molecular formula is C15H26O9. The zero-order chi connectivity index (χ0) is 17.8. The lowest BCUT2D eigenvalue weighted by molar-refractivity contribution is -0.302. The molecule has 0 radical (unpaired) electrons. The molecule has 1 aliphatic heterocycles. The van der Waals surface area contributed by atoms with Crippen molar-refractivity contribution in [2.75, 3.05) is 52.9 Å². The molecule has 140 valence electrons. The van der Waals surface area contributed by atoms with Gasteiger partial charge in [0.15, 0.2) is 6.29 Å². The van der Waals surface area contributed by atoms with Gasteiger partial charge in [0.2, 0.25) is 0 Å². The van der Waals surface area contributed by atoms with Crippen molar-refractivity contribution in [3.63, 3.8) is 0 Å². The van der Waals surface area contributed by atoms with E-state index in [2.05, 4.69) is 5.92 Å². The van der Waals surface area contributed by atoms with E-state index >= 15 is 0 Å². The van der Waals surface area contributed by atoms with Gasteiger partial charge in [-0.25, -0.2) is 0 Å². The van der Waals surface area contributed by atoms with Gasteiger partial charge in [-0.15, -0.1) is 6.42 Å². The third-order valence-corrected chi connectivity index (χ3v) is 3.29. The highest BCUT2D eigenvalue weighted by atomic mass is 16.7. The topological polar surface area (TPSA) is 127 Å². The van der Waals surface area contributed by atoms with Crippen molar-refractivity contribution in [2.24, 2.45) is 0 Å². The Morgan fingerprint density at radius 2 is 1.42 bits per heavy atom. The summed E-state index contributed by atoms with van der Waals surface area (Å²) >= 11 is 0. The zero-order valence-corrected chi connectivity index (χ0v) is 13.5. The van der Waals surface area contributed by atoms with E-state index in [1.54, 1.807) is 0 Å². The maximum atomic E-state index is 9.76. The fourth-order valence-corrected chi connectivity index (χ4v) is 2.00. The number of hydrogen-bond donors (Lipinski definition) is 4. The lowest BCUT2D eigenvalue weighted by Crippen LogP contribution is -2.59. The highest BCUT2D eigenvalue weighted by molar-refractivity contribution is 4.88. The Morgan fingerprint density at radius 1 is 0.833 bits per heavy atom. The van der Waals surface area contributed by atoms with Crippen LogP contribution in [0.15, 0.2) is 0 Å². The summed E-state index contributed by atoms with van der Waals surface area (Å²) in [6, 6.07) is 0. The summed E-state index contributed by atoms with van der Waals surface area (Å²) < 4.78 is 26.0. The average Bonchev–Trinajstić information content (AvgIpc) is 2.59. The van der Waals surface area contributed by atoms with Crippen LogP contribution in [0.3, 0.4) is 0 Å². The lowest BCUT2D eigenvalue weighted by Gasteiger charge is -2.39. The van der Waals surface area contributed by atoms with Crippen LogP contribution in [-0.4, -0.2) is 104 Å². The molecule has 1 saturated heterocycles. The predicted molar refractivity (Wildman–Crippen MR) is 81.0 cm³/mol. The van der Waals surface area contributed by atoms with Crippen LogP contribution >= 0.6 is 0 Å². The monoisotopic (exact) mass is 350 g/mol. The fourth-order valence-electron chi connectivity index (χ4n) is 2.00. The second-order valence-corrected chi connectivity index (χ2v) is 5.05. The molecule has 1 aliphatic rings. The van der Waals surface area contributed by atoms with Crippen LogP contribution in [0.4, 0.5) is 0 Å². The van der Waals surface area contributed by atoms with Crippen molar-refractivity contribution in [1.29, 1.82) is 0 Å². The summed E-state index contributed by atoms with van der Waals surface area (Å²) in [5, 5.41) is 38.0. The fraction of sp³-hybridized carbons (Fsp3) is 0.867. The summed E-state index contributed by atoms with van der Waals surface area (Å²) in [7, 11) is 0. The van der Waals surface area contributed by atoms with Gasteiger partial charge in [-0.3, -0.25) is 0 Å². The van der Waals surface area contributed by atoms with Crippen LogP contribution < -0.4 is 0 Å². The number of rotatable bonds is 12. The standard InChI is InChI=1S/C15H26O9/c1-2-3-20-4-5-21-6-7-22-8-9-23-15-14(19)13(18)12(17)11(10-16)24-15/h1,11-19H,3-10H2/t11-,12-,13+,14-,15+/m1/s1. The number of terminal acetylenes is 1. The van der Waals surface area contributed by atoms with Crippen molar-refractivity contribution < 1.29 is 44.1 Å². The van der Waals surface area contributed by atoms with Gasteiger partial charge in [0.05, 0.1) is 46.2 Å². The summed E-state index contributed by atoms with van der Waals surface area (Å²) in [6.07, 6.45) is -1.37. The maximum Gasteiger partial charge on any atom is 0.186 e. The Balaban J connectivity index is 2.03. The molecule has 0 aromatic carbocycles. The quantitative estimate of drug-likeness (QED) is 0.223. The number of ether oxygens (including phenoxy) is 5. The van der Waals surface area contributed by atoms with E-state index in [-0.39, 0.29) is 19.8 Å². The van der Waals surface area contributed by atoms with Crippen molar-refractivity contribution in [3.05, 3.63) is 0 Å². The first-order valence-electron chi connectivity index (χ1n) is 7.70. The van der Waals surface area contributed by atoms with Crippen molar-refractivity contribution in [3.8, 4) is 12.3 Å². The second-order valence-electron chi connectivity index (χ2n) is 5.05. The molecule has 5 atom stereocenters. The molecular weight excluding hydrogens is 324 g/mol. The lowest BCUT2D eigenvalue weighted by atomic mass is 9.99. The van der Waals surface area contributed by atoms with E-state index in [0.717, 1.165) is 0 Å². The van der Waals surface area contributed by atoms with E-state index in [1.807, 2.05) is 0 Å². The SMILES string of the molecule is C#CCOCCOCCOCCO[C@H]1O[C@H](CO)[C@@H](O)[C@H](O)[C@H]1O. The molecule has 0 amide bonds. The minimum atomic E-state index is -1.45. The molecule has 9 nitrogen and oxygen atoms in total. The number of hydrogen-bond acceptors (Lipinski definition) is 9. The predicted octanol–water partition coefficient (Wildman–Crippen LogP) is -2.51. The van der Waals surface area contributed by atoms with Gasteiger partial charge in [-0.1, -0.05) is 5.92 Å². The number of aliphatic hydroxyl groups excluding tert-OH is 4. The van der Waals surface area contributed by atoms with E-state index in [9.17, 15) is 15.3 Å². The van der Waals surface area contributed by atoms with Gasteiger partial charge in [-0.2, -0.15) is 0 Å². The Labute approximate surface area is 141 Å². The molecule has 0 aromatic heterocycles.